The van der Waals surface area contributed by atoms with Gasteiger partial charge in [-0.1, -0.05) is 30.3 Å². The molecule has 0 fully saturated rings. The number of rotatable bonds is 3. The minimum atomic E-state index is -0.207. The second kappa shape index (κ2) is 5.19. The molecule has 3 nitrogen and oxygen atoms in total. The van der Waals surface area contributed by atoms with Gasteiger partial charge in [-0.05, 0) is 28.4 Å². The van der Waals surface area contributed by atoms with E-state index in [9.17, 15) is 4.79 Å². The average Bonchev–Trinajstić information content (AvgIpc) is 2.35. The Bertz CT molecular complexity index is 563. The SMILES string of the molecule is Cc1c(Br)c[nH]c(=O)c1OCc1ccccc1. The first-order valence-electron chi connectivity index (χ1n) is 5.23. The molecule has 0 bridgehead atoms. The van der Waals surface area contributed by atoms with Gasteiger partial charge in [-0.3, -0.25) is 4.79 Å². The molecule has 0 amide bonds. The molecule has 0 aliphatic heterocycles. The zero-order chi connectivity index (χ0) is 12.3. The second-order valence-corrected chi connectivity index (χ2v) is 4.55. The number of halogens is 1. The third-order valence-electron chi connectivity index (χ3n) is 2.46. The molecule has 0 atom stereocenters. The number of H-pyrrole nitrogens is 1. The molecular weight excluding hydrogens is 282 g/mol. The van der Waals surface area contributed by atoms with Gasteiger partial charge in [0.15, 0.2) is 5.75 Å². The zero-order valence-electron chi connectivity index (χ0n) is 9.37. The minimum Gasteiger partial charge on any atom is -0.483 e. The van der Waals surface area contributed by atoms with Gasteiger partial charge in [-0.15, -0.1) is 0 Å². The molecule has 0 aliphatic carbocycles. The van der Waals surface area contributed by atoms with Crippen molar-refractivity contribution in [2.45, 2.75) is 13.5 Å². The van der Waals surface area contributed by atoms with Crippen molar-refractivity contribution < 1.29 is 4.74 Å². The smallest absolute Gasteiger partial charge is 0.290 e. The zero-order valence-corrected chi connectivity index (χ0v) is 11.0. The largest absolute Gasteiger partial charge is 0.483 e. The molecule has 4 heteroatoms. The van der Waals surface area contributed by atoms with Crippen molar-refractivity contribution in [3.8, 4) is 5.75 Å². The van der Waals surface area contributed by atoms with E-state index in [1.807, 2.05) is 37.3 Å². The molecule has 2 rings (SSSR count). The third kappa shape index (κ3) is 2.77. The topological polar surface area (TPSA) is 42.1 Å². The van der Waals surface area contributed by atoms with E-state index in [1.165, 1.54) is 0 Å². The maximum atomic E-state index is 11.6. The molecule has 0 unspecified atom stereocenters. The number of benzene rings is 1. The summed E-state index contributed by atoms with van der Waals surface area (Å²) in [6.45, 7) is 2.24. The van der Waals surface area contributed by atoms with E-state index in [4.69, 9.17) is 4.74 Å². The van der Waals surface area contributed by atoms with Crippen molar-refractivity contribution in [2.75, 3.05) is 0 Å². The van der Waals surface area contributed by atoms with Gasteiger partial charge in [0.2, 0.25) is 0 Å². The standard InChI is InChI=1S/C13H12BrNO2/c1-9-11(14)7-15-13(16)12(9)17-8-10-5-3-2-4-6-10/h2-7H,8H2,1H3,(H,15,16). The quantitative estimate of drug-likeness (QED) is 0.945. The van der Waals surface area contributed by atoms with Crippen LogP contribution in [0.1, 0.15) is 11.1 Å². The van der Waals surface area contributed by atoms with Crippen LogP contribution in [0.5, 0.6) is 5.75 Å². The van der Waals surface area contributed by atoms with Crippen LogP contribution in [0.4, 0.5) is 0 Å². The van der Waals surface area contributed by atoms with E-state index in [1.54, 1.807) is 6.20 Å². The lowest BCUT2D eigenvalue weighted by molar-refractivity contribution is 0.299. The summed E-state index contributed by atoms with van der Waals surface area (Å²) in [5.74, 6) is 0.364. The van der Waals surface area contributed by atoms with Gasteiger partial charge in [-0.25, -0.2) is 0 Å². The first-order chi connectivity index (χ1) is 8.18. The Kier molecular flexibility index (Phi) is 3.64. The van der Waals surface area contributed by atoms with E-state index in [2.05, 4.69) is 20.9 Å². The molecular formula is C13H12BrNO2. The Balaban J connectivity index is 2.20. The normalized spacial score (nSPS) is 10.2. The summed E-state index contributed by atoms with van der Waals surface area (Å²) in [5.41, 5.74) is 1.64. The van der Waals surface area contributed by atoms with Crippen molar-refractivity contribution in [1.29, 1.82) is 0 Å². The van der Waals surface area contributed by atoms with Crippen LogP contribution in [0.25, 0.3) is 0 Å². The summed E-state index contributed by atoms with van der Waals surface area (Å²) < 4.78 is 6.39. The number of pyridine rings is 1. The summed E-state index contributed by atoms with van der Waals surface area (Å²) in [6, 6.07) is 9.75. The Morgan fingerprint density at radius 2 is 2.00 bits per heavy atom. The highest BCUT2D eigenvalue weighted by atomic mass is 79.9. The van der Waals surface area contributed by atoms with E-state index in [0.29, 0.717) is 12.4 Å². The Morgan fingerprint density at radius 1 is 1.29 bits per heavy atom. The van der Waals surface area contributed by atoms with Crippen molar-refractivity contribution in [3.63, 3.8) is 0 Å². The van der Waals surface area contributed by atoms with Crippen molar-refractivity contribution >= 4 is 15.9 Å². The number of hydrogen-bond acceptors (Lipinski definition) is 2. The summed E-state index contributed by atoms with van der Waals surface area (Å²) in [6.07, 6.45) is 1.62. The monoisotopic (exact) mass is 293 g/mol. The van der Waals surface area contributed by atoms with E-state index in [0.717, 1.165) is 15.6 Å². The fraction of sp³-hybridized carbons (Fsp3) is 0.154. The van der Waals surface area contributed by atoms with Gasteiger partial charge in [0.1, 0.15) is 6.61 Å². The predicted molar refractivity (Wildman–Crippen MR) is 70.3 cm³/mol. The number of aromatic nitrogens is 1. The summed E-state index contributed by atoms with van der Waals surface area (Å²) in [7, 11) is 0. The molecule has 0 radical (unpaired) electrons. The molecule has 1 aromatic carbocycles. The first kappa shape index (κ1) is 11.9. The highest BCUT2D eigenvalue weighted by molar-refractivity contribution is 9.10. The molecule has 17 heavy (non-hydrogen) atoms. The molecule has 0 saturated carbocycles. The van der Waals surface area contributed by atoms with Gasteiger partial charge in [0.05, 0.1) is 0 Å². The fourth-order valence-electron chi connectivity index (χ4n) is 1.49. The van der Waals surface area contributed by atoms with Crippen LogP contribution in [-0.4, -0.2) is 4.98 Å². The lowest BCUT2D eigenvalue weighted by Crippen LogP contribution is -2.12. The van der Waals surface area contributed by atoms with Gasteiger partial charge < -0.3 is 9.72 Å². The highest BCUT2D eigenvalue weighted by Crippen LogP contribution is 2.21. The van der Waals surface area contributed by atoms with Crippen LogP contribution in [0.3, 0.4) is 0 Å². The molecule has 88 valence electrons. The molecule has 0 spiro atoms. The van der Waals surface area contributed by atoms with Crippen LogP contribution in [0.2, 0.25) is 0 Å². The van der Waals surface area contributed by atoms with Crippen LogP contribution in [-0.2, 0) is 6.61 Å². The van der Waals surface area contributed by atoms with Crippen molar-refractivity contribution in [3.05, 3.63) is 62.5 Å². The Morgan fingerprint density at radius 3 is 2.71 bits per heavy atom. The highest BCUT2D eigenvalue weighted by Gasteiger charge is 2.08. The van der Waals surface area contributed by atoms with Crippen LogP contribution in [0, 0.1) is 6.92 Å². The molecule has 0 aliphatic rings. The number of aromatic amines is 1. The molecule has 1 aromatic heterocycles. The van der Waals surface area contributed by atoms with Crippen molar-refractivity contribution in [2.24, 2.45) is 0 Å². The Hall–Kier alpha value is -1.55. The summed E-state index contributed by atoms with van der Waals surface area (Å²) >= 11 is 3.36. The fourth-order valence-corrected chi connectivity index (χ4v) is 1.78. The van der Waals surface area contributed by atoms with Crippen molar-refractivity contribution in [1.82, 2.24) is 4.98 Å². The number of hydrogen-bond donors (Lipinski definition) is 1. The van der Waals surface area contributed by atoms with Gasteiger partial charge >= 0.3 is 0 Å². The average molecular weight is 294 g/mol. The lowest BCUT2D eigenvalue weighted by atomic mass is 10.2. The summed E-state index contributed by atoms with van der Waals surface area (Å²) in [4.78, 5) is 14.2. The number of ether oxygens (including phenoxy) is 1. The van der Waals surface area contributed by atoms with E-state index < -0.39 is 0 Å². The minimum absolute atomic E-state index is 0.207. The van der Waals surface area contributed by atoms with Crippen LogP contribution < -0.4 is 10.3 Å². The predicted octanol–water partition coefficient (Wildman–Crippen LogP) is 3.02. The van der Waals surface area contributed by atoms with Gasteiger partial charge in [0, 0.05) is 16.2 Å². The lowest BCUT2D eigenvalue weighted by Gasteiger charge is -2.08. The van der Waals surface area contributed by atoms with Gasteiger partial charge in [-0.2, -0.15) is 0 Å². The Labute approximate surface area is 108 Å². The molecule has 1 heterocycles. The third-order valence-corrected chi connectivity index (χ3v) is 3.28. The summed E-state index contributed by atoms with van der Waals surface area (Å²) in [5, 5.41) is 0. The van der Waals surface area contributed by atoms with E-state index in [-0.39, 0.29) is 5.56 Å². The molecule has 2 aromatic rings. The number of nitrogens with one attached hydrogen (secondary N) is 1. The second-order valence-electron chi connectivity index (χ2n) is 3.69. The first-order valence-corrected chi connectivity index (χ1v) is 6.02. The maximum Gasteiger partial charge on any atom is 0.290 e. The molecule has 1 N–H and O–H groups in total. The van der Waals surface area contributed by atoms with Crippen LogP contribution in [0.15, 0.2) is 45.8 Å². The molecule has 0 saturated heterocycles. The van der Waals surface area contributed by atoms with Gasteiger partial charge in [0.25, 0.3) is 5.56 Å². The maximum absolute atomic E-state index is 11.6. The van der Waals surface area contributed by atoms with E-state index >= 15 is 0 Å². The van der Waals surface area contributed by atoms with Crippen LogP contribution >= 0.6 is 15.9 Å².